The van der Waals surface area contributed by atoms with Gasteiger partial charge in [0.15, 0.2) is 0 Å². The number of rotatable bonds is 7. The van der Waals surface area contributed by atoms with E-state index < -0.39 is 0 Å². The Hall–Kier alpha value is -0.610. The van der Waals surface area contributed by atoms with Gasteiger partial charge in [-0.15, -0.1) is 0 Å². The highest BCUT2D eigenvalue weighted by Gasteiger charge is 2.26. The fourth-order valence-corrected chi connectivity index (χ4v) is 2.93. The van der Waals surface area contributed by atoms with Gasteiger partial charge in [-0.05, 0) is 44.2 Å². The number of piperidine rings is 1. The molecule has 1 aliphatic rings. The first-order valence-corrected chi connectivity index (χ1v) is 7.98. The lowest BCUT2D eigenvalue weighted by molar-refractivity contribution is -0.143. The highest BCUT2D eigenvalue weighted by Crippen LogP contribution is 2.15. The van der Waals surface area contributed by atoms with E-state index in [1.165, 1.54) is 13.7 Å². The quantitative estimate of drug-likeness (QED) is 0.728. The van der Waals surface area contributed by atoms with Crippen LogP contribution >= 0.6 is 0 Å². The zero-order valence-corrected chi connectivity index (χ0v) is 13.8. The third kappa shape index (κ3) is 6.23. The zero-order chi connectivity index (χ0) is 15.1. The molecule has 4 nitrogen and oxygen atoms in total. The number of ether oxygens (including phenoxy) is 1. The van der Waals surface area contributed by atoms with Gasteiger partial charge in [-0.1, -0.05) is 27.7 Å². The second kappa shape index (κ2) is 8.63. The highest BCUT2D eigenvalue weighted by molar-refractivity contribution is 5.75. The second-order valence-corrected chi connectivity index (χ2v) is 6.84. The molecule has 1 rings (SSSR count). The predicted molar refractivity (Wildman–Crippen MR) is 82.7 cm³/mol. The van der Waals surface area contributed by atoms with Crippen molar-refractivity contribution in [2.75, 3.05) is 26.7 Å². The molecule has 0 radical (unpaired) electrons. The molecule has 4 heteroatoms. The minimum atomic E-state index is -0.151. The van der Waals surface area contributed by atoms with Crippen molar-refractivity contribution in [1.29, 1.82) is 0 Å². The summed E-state index contributed by atoms with van der Waals surface area (Å²) in [5, 5.41) is 3.51. The molecule has 0 aromatic rings. The number of carbonyl (C=O) groups is 1. The highest BCUT2D eigenvalue weighted by atomic mass is 16.5. The molecule has 0 bridgehead atoms. The van der Waals surface area contributed by atoms with Gasteiger partial charge < -0.3 is 15.0 Å². The number of hydrogen-bond donors (Lipinski definition) is 1. The maximum atomic E-state index is 11.8. The SMILES string of the molecule is COC(=O)C(CC(C)C)NC1CCN(CC(C)C)CC1. The number of methoxy groups -OCH3 is 1. The lowest BCUT2D eigenvalue weighted by Gasteiger charge is -2.35. The van der Waals surface area contributed by atoms with Crippen molar-refractivity contribution < 1.29 is 9.53 Å². The van der Waals surface area contributed by atoms with Gasteiger partial charge in [0.2, 0.25) is 0 Å². The smallest absolute Gasteiger partial charge is 0.322 e. The van der Waals surface area contributed by atoms with E-state index in [-0.39, 0.29) is 12.0 Å². The van der Waals surface area contributed by atoms with Gasteiger partial charge in [0.25, 0.3) is 0 Å². The summed E-state index contributed by atoms with van der Waals surface area (Å²) in [4.78, 5) is 14.4. The molecule has 0 aromatic heterocycles. The molecule has 1 atom stereocenters. The Balaban J connectivity index is 2.41. The number of nitrogens with zero attached hydrogens (tertiary/aromatic N) is 1. The fraction of sp³-hybridized carbons (Fsp3) is 0.938. The third-order valence-corrected chi connectivity index (χ3v) is 3.84. The van der Waals surface area contributed by atoms with Gasteiger partial charge in [-0.2, -0.15) is 0 Å². The molecule has 0 saturated carbocycles. The summed E-state index contributed by atoms with van der Waals surface area (Å²) in [6.07, 6.45) is 3.09. The van der Waals surface area contributed by atoms with E-state index in [1.807, 2.05) is 0 Å². The fourth-order valence-electron chi connectivity index (χ4n) is 2.93. The second-order valence-electron chi connectivity index (χ2n) is 6.84. The van der Waals surface area contributed by atoms with Crippen molar-refractivity contribution in [1.82, 2.24) is 10.2 Å². The Morgan fingerprint density at radius 1 is 1.20 bits per heavy atom. The van der Waals surface area contributed by atoms with Crippen LogP contribution in [0.1, 0.15) is 47.0 Å². The van der Waals surface area contributed by atoms with Gasteiger partial charge in [0.05, 0.1) is 7.11 Å². The van der Waals surface area contributed by atoms with Crippen LogP contribution in [0.2, 0.25) is 0 Å². The van der Waals surface area contributed by atoms with Crippen molar-refractivity contribution in [2.24, 2.45) is 11.8 Å². The molecule has 1 N–H and O–H groups in total. The van der Waals surface area contributed by atoms with E-state index in [9.17, 15) is 4.79 Å². The van der Waals surface area contributed by atoms with Gasteiger partial charge >= 0.3 is 5.97 Å². The van der Waals surface area contributed by atoms with Crippen LogP contribution in [0.5, 0.6) is 0 Å². The van der Waals surface area contributed by atoms with Crippen molar-refractivity contribution in [2.45, 2.75) is 59.0 Å². The Morgan fingerprint density at radius 3 is 2.25 bits per heavy atom. The summed E-state index contributed by atoms with van der Waals surface area (Å²) >= 11 is 0. The van der Waals surface area contributed by atoms with Crippen molar-refractivity contribution in [3.63, 3.8) is 0 Å². The molecule has 1 unspecified atom stereocenters. The lowest BCUT2D eigenvalue weighted by Crippen LogP contribution is -2.49. The first-order chi connectivity index (χ1) is 9.42. The van der Waals surface area contributed by atoms with Crippen LogP contribution in [0.4, 0.5) is 0 Å². The van der Waals surface area contributed by atoms with Crippen LogP contribution in [0, 0.1) is 11.8 Å². The molecular formula is C16H32N2O2. The van der Waals surface area contributed by atoms with E-state index in [0.717, 1.165) is 38.3 Å². The van der Waals surface area contributed by atoms with Crippen LogP contribution in [0.3, 0.4) is 0 Å². The predicted octanol–water partition coefficient (Wildman–Crippen LogP) is 2.28. The maximum absolute atomic E-state index is 11.8. The van der Waals surface area contributed by atoms with Crippen LogP contribution < -0.4 is 5.32 Å². The molecule has 118 valence electrons. The zero-order valence-electron chi connectivity index (χ0n) is 13.8. The van der Waals surface area contributed by atoms with E-state index in [0.29, 0.717) is 12.0 Å². The summed E-state index contributed by atoms with van der Waals surface area (Å²) in [5.74, 6) is 1.10. The van der Waals surface area contributed by atoms with Gasteiger partial charge in [-0.25, -0.2) is 0 Å². The third-order valence-electron chi connectivity index (χ3n) is 3.84. The van der Waals surface area contributed by atoms with Crippen LogP contribution in [-0.2, 0) is 9.53 Å². The summed E-state index contributed by atoms with van der Waals surface area (Å²) in [5.41, 5.74) is 0. The lowest BCUT2D eigenvalue weighted by atomic mass is 9.99. The van der Waals surface area contributed by atoms with Gasteiger partial charge in [0.1, 0.15) is 6.04 Å². The topological polar surface area (TPSA) is 41.6 Å². The van der Waals surface area contributed by atoms with Gasteiger partial charge in [0, 0.05) is 12.6 Å². The van der Waals surface area contributed by atoms with Crippen molar-refractivity contribution >= 4 is 5.97 Å². The minimum absolute atomic E-state index is 0.122. The summed E-state index contributed by atoms with van der Waals surface area (Å²) < 4.78 is 4.92. The largest absolute Gasteiger partial charge is 0.468 e. The van der Waals surface area contributed by atoms with E-state index in [1.54, 1.807) is 0 Å². The molecule has 20 heavy (non-hydrogen) atoms. The molecule has 1 saturated heterocycles. The number of hydrogen-bond acceptors (Lipinski definition) is 4. The van der Waals surface area contributed by atoms with E-state index in [4.69, 9.17) is 4.74 Å². The van der Waals surface area contributed by atoms with Crippen LogP contribution in [-0.4, -0.2) is 49.7 Å². The first kappa shape index (κ1) is 17.4. The van der Waals surface area contributed by atoms with Crippen molar-refractivity contribution in [3.05, 3.63) is 0 Å². The maximum Gasteiger partial charge on any atom is 0.322 e. The number of nitrogens with one attached hydrogen (secondary N) is 1. The van der Waals surface area contributed by atoms with Gasteiger partial charge in [-0.3, -0.25) is 4.79 Å². The molecule has 1 fully saturated rings. The van der Waals surface area contributed by atoms with E-state index in [2.05, 4.69) is 37.9 Å². The summed E-state index contributed by atoms with van der Waals surface area (Å²) in [7, 11) is 1.47. The molecule has 0 amide bonds. The number of carbonyl (C=O) groups excluding carboxylic acids is 1. The first-order valence-electron chi connectivity index (χ1n) is 7.98. The normalized spacial score (nSPS) is 19.6. The summed E-state index contributed by atoms with van der Waals surface area (Å²) in [6, 6.07) is 0.294. The van der Waals surface area contributed by atoms with Crippen LogP contribution in [0.25, 0.3) is 0 Å². The Bertz CT molecular complexity index is 284. The molecule has 0 aromatic carbocycles. The average Bonchev–Trinajstić information content (AvgIpc) is 2.38. The van der Waals surface area contributed by atoms with Crippen molar-refractivity contribution in [3.8, 4) is 0 Å². The molecule has 0 spiro atoms. The summed E-state index contributed by atoms with van der Waals surface area (Å²) in [6.45, 7) is 12.3. The Morgan fingerprint density at radius 2 is 1.80 bits per heavy atom. The number of esters is 1. The average molecular weight is 284 g/mol. The van der Waals surface area contributed by atoms with E-state index >= 15 is 0 Å². The molecule has 1 aliphatic heterocycles. The number of likely N-dealkylation sites (tertiary alicyclic amines) is 1. The molecular weight excluding hydrogens is 252 g/mol. The standard InChI is InChI=1S/C16H32N2O2/c1-12(2)10-15(16(19)20-5)17-14-6-8-18(9-7-14)11-13(3)4/h12-15,17H,6-11H2,1-5H3. The molecule has 1 heterocycles. The Labute approximate surface area is 124 Å². The monoisotopic (exact) mass is 284 g/mol. The van der Waals surface area contributed by atoms with Crippen LogP contribution in [0.15, 0.2) is 0 Å². The Kier molecular flexibility index (Phi) is 7.52. The molecule has 0 aliphatic carbocycles. The minimum Gasteiger partial charge on any atom is -0.468 e.